The van der Waals surface area contributed by atoms with Gasteiger partial charge in [-0.2, -0.15) is 0 Å². The van der Waals surface area contributed by atoms with E-state index in [1.807, 2.05) is 68.5 Å². The van der Waals surface area contributed by atoms with E-state index in [0.29, 0.717) is 6.42 Å². The van der Waals surface area contributed by atoms with Crippen molar-refractivity contribution in [2.24, 2.45) is 0 Å². The molecule has 0 fully saturated rings. The van der Waals surface area contributed by atoms with Gasteiger partial charge in [-0.25, -0.2) is 0 Å². The summed E-state index contributed by atoms with van der Waals surface area (Å²) in [5, 5.41) is 12.5. The summed E-state index contributed by atoms with van der Waals surface area (Å²) in [4.78, 5) is 11.5. The van der Waals surface area contributed by atoms with Crippen molar-refractivity contribution in [2.45, 2.75) is 45.6 Å². The predicted octanol–water partition coefficient (Wildman–Crippen LogP) is 4.40. The van der Waals surface area contributed by atoms with Gasteiger partial charge in [-0.1, -0.05) is 73.8 Å². The number of hydrogen-bond acceptors (Lipinski definition) is 2. The SMILES string of the molecule is CC=CC=CC=CC=CCCC=CC=CC(=O)NCC(C)(O)CC. The Morgan fingerprint density at radius 3 is 2.08 bits per heavy atom. The summed E-state index contributed by atoms with van der Waals surface area (Å²) >= 11 is 0. The van der Waals surface area contributed by atoms with Gasteiger partial charge in [0, 0.05) is 12.6 Å². The van der Waals surface area contributed by atoms with Crippen molar-refractivity contribution in [3.05, 3.63) is 72.9 Å². The van der Waals surface area contributed by atoms with Crippen LogP contribution < -0.4 is 5.32 Å². The largest absolute Gasteiger partial charge is 0.388 e. The summed E-state index contributed by atoms with van der Waals surface area (Å²) in [6, 6.07) is 0. The monoisotopic (exact) mass is 329 g/mol. The predicted molar refractivity (Wildman–Crippen MR) is 104 cm³/mol. The number of amides is 1. The molecule has 132 valence electrons. The molecule has 1 amide bonds. The first-order chi connectivity index (χ1) is 11.5. The first kappa shape index (κ1) is 21.9. The molecule has 24 heavy (non-hydrogen) atoms. The molecule has 1 atom stereocenters. The summed E-state index contributed by atoms with van der Waals surface area (Å²) in [5.41, 5.74) is -0.845. The number of unbranched alkanes of at least 4 members (excludes halogenated alkanes) is 1. The highest BCUT2D eigenvalue weighted by Gasteiger charge is 2.17. The van der Waals surface area contributed by atoms with Crippen LogP contribution in [0.5, 0.6) is 0 Å². The van der Waals surface area contributed by atoms with E-state index in [1.54, 1.807) is 13.0 Å². The van der Waals surface area contributed by atoms with Crippen molar-refractivity contribution < 1.29 is 9.90 Å². The van der Waals surface area contributed by atoms with Crippen LogP contribution in [0.4, 0.5) is 0 Å². The van der Waals surface area contributed by atoms with Crippen LogP contribution in [0.25, 0.3) is 0 Å². The van der Waals surface area contributed by atoms with Crippen molar-refractivity contribution in [1.29, 1.82) is 0 Å². The Bertz CT molecular complexity index is 506. The number of carbonyl (C=O) groups is 1. The van der Waals surface area contributed by atoms with E-state index in [1.165, 1.54) is 6.08 Å². The topological polar surface area (TPSA) is 49.3 Å². The molecule has 0 aliphatic carbocycles. The van der Waals surface area contributed by atoms with Gasteiger partial charge in [0.2, 0.25) is 5.91 Å². The van der Waals surface area contributed by atoms with Crippen LogP contribution in [-0.4, -0.2) is 23.2 Å². The van der Waals surface area contributed by atoms with Crippen molar-refractivity contribution >= 4 is 5.91 Å². The van der Waals surface area contributed by atoms with Gasteiger partial charge in [-0.15, -0.1) is 0 Å². The third-order valence-electron chi connectivity index (χ3n) is 3.28. The first-order valence-electron chi connectivity index (χ1n) is 8.46. The van der Waals surface area contributed by atoms with E-state index in [-0.39, 0.29) is 12.5 Å². The second kappa shape index (κ2) is 14.5. The lowest BCUT2D eigenvalue weighted by atomic mass is 10.0. The lowest BCUT2D eigenvalue weighted by molar-refractivity contribution is -0.117. The van der Waals surface area contributed by atoms with Crippen molar-refractivity contribution in [2.75, 3.05) is 6.54 Å². The maximum absolute atomic E-state index is 11.5. The molecule has 0 aromatic rings. The molecule has 3 nitrogen and oxygen atoms in total. The molecule has 0 spiro atoms. The van der Waals surface area contributed by atoms with Gasteiger partial charge in [-0.05, 0) is 33.1 Å². The lowest BCUT2D eigenvalue weighted by Crippen LogP contribution is -2.39. The first-order valence-corrected chi connectivity index (χ1v) is 8.46. The summed E-state index contributed by atoms with van der Waals surface area (Å²) in [5.74, 6) is -0.190. The molecule has 0 saturated heterocycles. The zero-order chi connectivity index (χ0) is 18.1. The molecule has 3 heteroatoms. The second-order valence-corrected chi connectivity index (χ2v) is 5.66. The third kappa shape index (κ3) is 14.8. The van der Waals surface area contributed by atoms with Crippen molar-refractivity contribution in [3.8, 4) is 0 Å². The van der Waals surface area contributed by atoms with Gasteiger partial charge in [-0.3, -0.25) is 4.79 Å². The van der Waals surface area contributed by atoms with Crippen LogP contribution in [0, 0.1) is 0 Å². The Morgan fingerprint density at radius 1 is 0.958 bits per heavy atom. The summed E-state index contributed by atoms with van der Waals surface area (Å²) in [7, 11) is 0. The van der Waals surface area contributed by atoms with Crippen LogP contribution in [0.1, 0.15) is 40.0 Å². The molecular formula is C21H31NO2. The smallest absolute Gasteiger partial charge is 0.244 e. The molecule has 0 heterocycles. The van der Waals surface area contributed by atoms with Crippen LogP contribution in [0.2, 0.25) is 0 Å². The molecule has 0 aromatic heterocycles. The van der Waals surface area contributed by atoms with Gasteiger partial charge in [0.05, 0.1) is 5.60 Å². The molecule has 0 rings (SSSR count). The minimum absolute atomic E-state index is 0.190. The minimum Gasteiger partial charge on any atom is -0.388 e. The van der Waals surface area contributed by atoms with E-state index < -0.39 is 5.60 Å². The van der Waals surface area contributed by atoms with E-state index in [0.717, 1.165) is 12.8 Å². The number of rotatable bonds is 11. The van der Waals surface area contributed by atoms with Gasteiger partial charge in [0.15, 0.2) is 0 Å². The van der Waals surface area contributed by atoms with E-state index in [4.69, 9.17) is 0 Å². The Morgan fingerprint density at radius 2 is 1.50 bits per heavy atom. The van der Waals surface area contributed by atoms with Crippen LogP contribution in [0.15, 0.2) is 72.9 Å². The molecule has 0 bridgehead atoms. The van der Waals surface area contributed by atoms with Crippen LogP contribution in [0.3, 0.4) is 0 Å². The average Bonchev–Trinajstić information content (AvgIpc) is 2.57. The van der Waals surface area contributed by atoms with Gasteiger partial charge < -0.3 is 10.4 Å². The highest BCUT2D eigenvalue weighted by atomic mass is 16.3. The molecular weight excluding hydrogens is 298 g/mol. The minimum atomic E-state index is -0.845. The third-order valence-corrected chi connectivity index (χ3v) is 3.28. The molecule has 1 unspecified atom stereocenters. The van der Waals surface area contributed by atoms with Crippen LogP contribution >= 0.6 is 0 Å². The molecule has 2 N–H and O–H groups in total. The molecule has 0 aliphatic heterocycles. The highest BCUT2D eigenvalue weighted by molar-refractivity contribution is 5.87. The number of aliphatic hydroxyl groups is 1. The Balaban J connectivity index is 3.83. The number of nitrogens with one attached hydrogen (secondary N) is 1. The zero-order valence-corrected chi connectivity index (χ0v) is 15.1. The number of allylic oxidation sites excluding steroid dienone is 11. The number of hydrogen-bond donors (Lipinski definition) is 2. The van der Waals surface area contributed by atoms with E-state index in [2.05, 4.69) is 11.4 Å². The zero-order valence-electron chi connectivity index (χ0n) is 15.1. The average molecular weight is 329 g/mol. The quantitative estimate of drug-likeness (QED) is 0.335. The number of carbonyl (C=O) groups excluding carboxylic acids is 1. The molecule has 0 saturated carbocycles. The van der Waals surface area contributed by atoms with Gasteiger partial charge in [0.1, 0.15) is 0 Å². The fourth-order valence-electron chi connectivity index (χ4n) is 1.51. The maximum atomic E-state index is 11.5. The van der Waals surface area contributed by atoms with E-state index >= 15 is 0 Å². The van der Waals surface area contributed by atoms with Gasteiger partial charge >= 0.3 is 0 Å². The van der Waals surface area contributed by atoms with Crippen LogP contribution in [-0.2, 0) is 4.79 Å². The molecule has 0 aromatic carbocycles. The Labute approximate surface area is 146 Å². The summed E-state index contributed by atoms with van der Waals surface area (Å²) in [6.07, 6.45) is 25.6. The normalized spacial score (nSPS) is 15.7. The second-order valence-electron chi connectivity index (χ2n) is 5.66. The summed E-state index contributed by atoms with van der Waals surface area (Å²) < 4.78 is 0. The Kier molecular flexibility index (Phi) is 13.2. The maximum Gasteiger partial charge on any atom is 0.244 e. The fourth-order valence-corrected chi connectivity index (χ4v) is 1.51. The highest BCUT2D eigenvalue weighted by Crippen LogP contribution is 2.05. The van der Waals surface area contributed by atoms with Crippen molar-refractivity contribution in [1.82, 2.24) is 5.32 Å². The molecule has 0 radical (unpaired) electrons. The lowest BCUT2D eigenvalue weighted by Gasteiger charge is -2.20. The van der Waals surface area contributed by atoms with E-state index in [9.17, 15) is 9.90 Å². The summed E-state index contributed by atoms with van der Waals surface area (Å²) in [6.45, 7) is 5.84. The van der Waals surface area contributed by atoms with Gasteiger partial charge in [0.25, 0.3) is 0 Å². The standard InChI is InChI=1S/C21H31NO2/c1-4-6-7-8-9-10-11-12-13-14-15-16-17-18-20(23)22-19-21(3,24)5-2/h4,6-12,15-18,24H,5,13-14,19H2,1-3H3,(H,22,23). The van der Waals surface area contributed by atoms with Crippen molar-refractivity contribution in [3.63, 3.8) is 0 Å². The Hall–Kier alpha value is -2.13. The molecule has 0 aliphatic rings. The fraction of sp³-hybridized carbons (Fsp3) is 0.381.